The van der Waals surface area contributed by atoms with Crippen LogP contribution in [0.1, 0.15) is 69.5 Å². The fraction of sp³-hybridized carbons (Fsp3) is 0.824. The van der Waals surface area contributed by atoms with E-state index in [1.807, 2.05) is 11.7 Å². The molecule has 0 aliphatic heterocycles. The van der Waals surface area contributed by atoms with Crippen LogP contribution in [-0.4, -0.2) is 15.8 Å². The van der Waals surface area contributed by atoms with E-state index in [4.69, 9.17) is 0 Å². The Morgan fingerprint density at radius 1 is 1.25 bits per heavy atom. The molecule has 0 aromatic carbocycles. The summed E-state index contributed by atoms with van der Waals surface area (Å²) in [7, 11) is 2.02. The maximum atomic E-state index is 4.53. The van der Waals surface area contributed by atoms with E-state index in [0.29, 0.717) is 0 Å². The van der Waals surface area contributed by atoms with Crippen molar-refractivity contribution < 1.29 is 0 Å². The van der Waals surface area contributed by atoms with Crippen molar-refractivity contribution in [1.29, 1.82) is 0 Å². The standard InChI is InChI=1S/C17H29N3/c1-3-16-14(13-20(2)19-16)12-18-15-6-10-17(11-7-15)8-4-5-9-17/h13,15,18H,3-12H2,1-2H3. The molecule has 1 N–H and O–H groups in total. The number of aryl methyl sites for hydroxylation is 2. The Morgan fingerprint density at radius 2 is 1.95 bits per heavy atom. The van der Waals surface area contributed by atoms with E-state index >= 15 is 0 Å². The number of nitrogens with zero attached hydrogens (tertiary/aromatic N) is 2. The molecule has 0 bridgehead atoms. The van der Waals surface area contributed by atoms with Gasteiger partial charge in [0, 0.05) is 31.4 Å². The SMILES string of the molecule is CCc1nn(C)cc1CNC1CCC2(CCCC2)CC1. The van der Waals surface area contributed by atoms with Gasteiger partial charge in [0.25, 0.3) is 0 Å². The van der Waals surface area contributed by atoms with Crippen LogP contribution in [0, 0.1) is 5.41 Å². The van der Waals surface area contributed by atoms with E-state index in [9.17, 15) is 0 Å². The molecular formula is C17H29N3. The highest BCUT2D eigenvalue weighted by atomic mass is 15.3. The third-order valence-electron chi connectivity index (χ3n) is 5.62. The van der Waals surface area contributed by atoms with Gasteiger partial charge in [-0.05, 0) is 50.4 Å². The molecule has 1 aromatic rings. The van der Waals surface area contributed by atoms with Crippen molar-refractivity contribution in [1.82, 2.24) is 15.1 Å². The third kappa shape index (κ3) is 2.93. The van der Waals surface area contributed by atoms with Gasteiger partial charge in [0.1, 0.15) is 0 Å². The topological polar surface area (TPSA) is 29.9 Å². The summed E-state index contributed by atoms with van der Waals surface area (Å²) in [6, 6.07) is 0.728. The summed E-state index contributed by atoms with van der Waals surface area (Å²) in [4.78, 5) is 0. The Kier molecular flexibility index (Phi) is 4.16. The fourth-order valence-electron chi connectivity index (χ4n) is 4.34. The highest BCUT2D eigenvalue weighted by Crippen LogP contribution is 2.48. The van der Waals surface area contributed by atoms with Gasteiger partial charge in [-0.1, -0.05) is 19.8 Å². The monoisotopic (exact) mass is 275 g/mol. The lowest BCUT2D eigenvalue weighted by Gasteiger charge is -2.37. The average Bonchev–Trinajstić information content (AvgIpc) is 3.05. The van der Waals surface area contributed by atoms with Crippen molar-refractivity contribution in [2.75, 3.05) is 0 Å². The minimum atomic E-state index is 0.728. The lowest BCUT2D eigenvalue weighted by atomic mass is 9.71. The molecule has 0 saturated heterocycles. The molecule has 1 spiro atoms. The van der Waals surface area contributed by atoms with E-state index in [1.165, 1.54) is 62.6 Å². The second-order valence-corrected chi connectivity index (χ2v) is 6.99. The van der Waals surface area contributed by atoms with Gasteiger partial charge in [-0.15, -0.1) is 0 Å². The van der Waals surface area contributed by atoms with E-state index in [2.05, 4.69) is 23.5 Å². The summed E-state index contributed by atoms with van der Waals surface area (Å²) in [6.45, 7) is 3.19. The highest BCUT2D eigenvalue weighted by Gasteiger charge is 2.37. The van der Waals surface area contributed by atoms with Crippen LogP contribution in [-0.2, 0) is 20.0 Å². The molecule has 1 heterocycles. The lowest BCUT2D eigenvalue weighted by molar-refractivity contribution is 0.168. The largest absolute Gasteiger partial charge is 0.310 e. The second-order valence-electron chi connectivity index (χ2n) is 6.99. The first-order valence-corrected chi connectivity index (χ1v) is 8.45. The van der Waals surface area contributed by atoms with Crippen LogP contribution in [0.15, 0.2) is 6.20 Å². The summed E-state index contributed by atoms with van der Waals surface area (Å²) in [6.07, 6.45) is 14.8. The number of rotatable bonds is 4. The zero-order valence-electron chi connectivity index (χ0n) is 13.1. The Bertz CT molecular complexity index is 433. The van der Waals surface area contributed by atoms with Crippen LogP contribution in [0.2, 0.25) is 0 Å². The van der Waals surface area contributed by atoms with E-state index in [1.54, 1.807) is 0 Å². The lowest BCUT2D eigenvalue weighted by Crippen LogP contribution is -2.36. The van der Waals surface area contributed by atoms with Crippen LogP contribution in [0.5, 0.6) is 0 Å². The van der Waals surface area contributed by atoms with Crippen molar-refractivity contribution >= 4 is 0 Å². The van der Waals surface area contributed by atoms with Crippen LogP contribution in [0.3, 0.4) is 0 Å². The van der Waals surface area contributed by atoms with Gasteiger partial charge in [-0.3, -0.25) is 4.68 Å². The molecule has 3 nitrogen and oxygen atoms in total. The summed E-state index contributed by atoms with van der Waals surface area (Å²) in [5, 5.41) is 8.31. The second kappa shape index (κ2) is 5.88. The molecule has 2 fully saturated rings. The molecule has 112 valence electrons. The molecule has 3 heteroatoms. The van der Waals surface area contributed by atoms with Crippen LogP contribution >= 0.6 is 0 Å². The van der Waals surface area contributed by atoms with E-state index in [0.717, 1.165) is 24.4 Å². The van der Waals surface area contributed by atoms with Crippen molar-refractivity contribution in [3.63, 3.8) is 0 Å². The normalized spacial score (nSPS) is 22.7. The van der Waals surface area contributed by atoms with Crippen molar-refractivity contribution in [3.8, 4) is 0 Å². The maximum absolute atomic E-state index is 4.53. The molecule has 0 atom stereocenters. The smallest absolute Gasteiger partial charge is 0.0666 e. The van der Waals surface area contributed by atoms with Gasteiger partial charge in [-0.25, -0.2) is 0 Å². The van der Waals surface area contributed by atoms with Crippen molar-refractivity contribution in [3.05, 3.63) is 17.5 Å². The molecule has 0 radical (unpaired) electrons. The van der Waals surface area contributed by atoms with Gasteiger partial charge < -0.3 is 5.32 Å². The molecule has 1 aromatic heterocycles. The minimum absolute atomic E-state index is 0.728. The first kappa shape index (κ1) is 14.1. The molecule has 0 amide bonds. The summed E-state index contributed by atoms with van der Waals surface area (Å²) in [5.41, 5.74) is 3.39. The molecule has 2 saturated carbocycles. The average molecular weight is 275 g/mol. The molecule has 3 rings (SSSR count). The number of aromatic nitrogens is 2. The fourth-order valence-corrected chi connectivity index (χ4v) is 4.34. The van der Waals surface area contributed by atoms with Crippen molar-refractivity contribution in [2.24, 2.45) is 12.5 Å². The van der Waals surface area contributed by atoms with Gasteiger partial charge in [-0.2, -0.15) is 5.10 Å². The van der Waals surface area contributed by atoms with Crippen molar-refractivity contribution in [2.45, 2.75) is 77.3 Å². The maximum Gasteiger partial charge on any atom is 0.0666 e. The van der Waals surface area contributed by atoms with Gasteiger partial charge in [0.2, 0.25) is 0 Å². The molecular weight excluding hydrogens is 246 g/mol. The van der Waals surface area contributed by atoms with E-state index in [-0.39, 0.29) is 0 Å². The van der Waals surface area contributed by atoms with Gasteiger partial charge in [0.15, 0.2) is 0 Å². The first-order valence-electron chi connectivity index (χ1n) is 8.45. The molecule has 0 unspecified atom stereocenters. The quantitative estimate of drug-likeness (QED) is 0.910. The zero-order chi connectivity index (χ0) is 14.0. The molecule has 2 aliphatic carbocycles. The Morgan fingerprint density at radius 3 is 2.60 bits per heavy atom. The van der Waals surface area contributed by atoms with Crippen LogP contribution in [0.25, 0.3) is 0 Å². The van der Waals surface area contributed by atoms with Crippen LogP contribution < -0.4 is 5.32 Å². The van der Waals surface area contributed by atoms with Crippen LogP contribution in [0.4, 0.5) is 0 Å². The number of nitrogens with one attached hydrogen (secondary N) is 1. The summed E-state index contributed by atoms with van der Waals surface area (Å²) >= 11 is 0. The Labute approximate surface area is 123 Å². The predicted molar refractivity (Wildman–Crippen MR) is 82.6 cm³/mol. The predicted octanol–water partition coefficient (Wildman–Crippen LogP) is 3.58. The van der Waals surface area contributed by atoms with Gasteiger partial charge in [0.05, 0.1) is 5.69 Å². The third-order valence-corrected chi connectivity index (χ3v) is 5.62. The number of hydrogen-bond donors (Lipinski definition) is 1. The zero-order valence-corrected chi connectivity index (χ0v) is 13.1. The molecule has 2 aliphatic rings. The summed E-state index contributed by atoms with van der Waals surface area (Å²) in [5.74, 6) is 0. The van der Waals surface area contributed by atoms with E-state index < -0.39 is 0 Å². The molecule has 20 heavy (non-hydrogen) atoms. The first-order chi connectivity index (χ1) is 9.71. The Hall–Kier alpha value is -0.830. The summed E-state index contributed by atoms with van der Waals surface area (Å²) < 4.78 is 1.95. The highest BCUT2D eigenvalue weighted by molar-refractivity contribution is 5.16. The van der Waals surface area contributed by atoms with Gasteiger partial charge >= 0.3 is 0 Å². The Balaban J connectivity index is 1.50. The minimum Gasteiger partial charge on any atom is -0.310 e. The number of hydrogen-bond acceptors (Lipinski definition) is 2.